The molecule has 0 saturated carbocycles. The molecular formula is C42H78O5. The summed E-state index contributed by atoms with van der Waals surface area (Å²) in [4.78, 5) is 24.2. The minimum absolute atomic E-state index is 0.0672. The third-order valence-corrected chi connectivity index (χ3v) is 9.00. The zero-order valence-electron chi connectivity index (χ0n) is 31.3. The second-order valence-corrected chi connectivity index (χ2v) is 13.7. The Hall–Kier alpha value is -1.62. The second-order valence-electron chi connectivity index (χ2n) is 13.7. The molecule has 1 atom stereocenters. The first-order valence-corrected chi connectivity index (χ1v) is 20.4. The molecule has 5 nitrogen and oxygen atoms in total. The lowest BCUT2D eigenvalue weighted by Gasteiger charge is -2.15. The Morgan fingerprint density at radius 1 is 0.489 bits per heavy atom. The van der Waals surface area contributed by atoms with E-state index in [1.54, 1.807) is 0 Å². The highest BCUT2D eigenvalue weighted by Gasteiger charge is 2.16. The monoisotopic (exact) mass is 663 g/mol. The summed E-state index contributed by atoms with van der Waals surface area (Å²) >= 11 is 0. The second kappa shape index (κ2) is 38.8. The van der Waals surface area contributed by atoms with E-state index in [4.69, 9.17) is 9.47 Å². The highest BCUT2D eigenvalue weighted by Crippen LogP contribution is 2.15. The molecule has 0 aliphatic carbocycles. The van der Waals surface area contributed by atoms with E-state index in [2.05, 4.69) is 38.2 Å². The number of hydrogen-bond donors (Lipinski definition) is 1. The zero-order chi connectivity index (χ0) is 34.3. The molecule has 0 spiro atoms. The lowest BCUT2D eigenvalue weighted by Crippen LogP contribution is -2.28. The van der Waals surface area contributed by atoms with Gasteiger partial charge < -0.3 is 14.6 Å². The van der Waals surface area contributed by atoms with Crippen molar-refractivity contribution < 1.29 is 24.2 Å². The largest absolute Gasteiger partial charge is 0.462 e. The minimum atomic E-state index is -0.773. The average molecular weight is 663 g/mol. The van der Waals surface area contributed by atoms with Gasteiger partial charge in [0.2, 0.25) is 0 Å². The van der Waals surface area contributed by atoms with Gasteiger partial charge in [0.1, 0.15) is 6.61 Å². The van der Waals surface area contributed by atoms with Crippen LogP contribution >= 0.6 is 0 Å². The van der Waals surface area contributed by atoms with Crippen LogP contribution in [0.25, 0.3) is 0 Å². The summed E-state index contributed by atoms with van der Waals surface area (Å²) < 4.78 is 10.6. The van der Waals surface area contributed by atoms with Gasteiger partial charge >= 0.3 is 11.9 Å². The van der Waals surface area contributed by atoms with Gasteiger partial charge in [-0.3, -0.25) is 9.59 Å². The molecule has 47 heavy (non-hydrogen) atoms. The summed E-state index contributed by atoms with van der Waals surface area (Å²) in [5.74, 6) is -0.599. The summed E-state index contributed by atoms with van der Waals surface area (Å²) in [6.07, 6.45) is 45.3. The van der Waals surface area contributed by atoms with Gasteiger partial charge in [-0.25, -0.2) is 0 Å². The van der Waals surface area contributed by atoms with Crippen molar-refractivity contribution in [3.63, 3.8) is 0 Å². The van der Waals surface area contributed by atoms with Crippen LogP contribution in [-0.4, -0.2) is 36.4 Å². The molecule has 0 saturated heterocycles. The van der Waals surface area contributed by atoms with E-state index < -0.39 is 6.10 Å². The van der Waals surface area contributed by atoms with Gasteiger partial charge in [0.05, 0.1) is 6.61 Å². The Bertz CT molecular complexity index is 716. The van der Waals surface area contributed by atoms with Crippen molar-refractivity contribution in [2.75, 3.05) is 13.2 Å². The fourth-order valence-electron chi connectivity index (χ4n) is 5.87. The maximum atomic E-state index is 12.1. The smallest absolute Gasteiger partial charge is 0.306 e. The number of aliphatic hydroxyl groups excluding tert-OH is 1. The third kappa shape index (κ3) is 37.1. The van der Waals surface area contributed by atoms with Crippen molar-refractivity contribution >= 4 is 11.9 Å². The van der Waals surface area contributed by atoms with E-state index in [-0.39, 0.29) is 25.2 Å². The van der Waals surface area contributed by atoms with Crippen molar-refractivity contribution in [1.82, 2.24) is 0 Å². The highest BCUT2D eigenvalue weighted by molar-refractivity contribution is 5.70. The first-order valence-electron chi connectivity index (χ1n) is 20.4. The van der Waals surface area contributed by atoms with Gasteiger partial charge in [0.15, 0.2) is 6.10 Å². The predicted molar refractivity (Wildman–Crippen MR) is 201 cm³/mol. The Morgan fingerprint density at radius 3 is 1.32 bits per heavy atom. The topological polar surface area (TPSA) is 72.8 Å². The van der Waals surface area contributed by atoms with Gasteiger partial charge in [0.25, 0.3) is 0 Å². The SMILES string of the molecule is CCCC/C=C/C/C=C/CCCCCCCC(=O)O[C@@H](CO)COC(=O)CCCCCCCCCCCCCCCCCCCCC. The molecule has 0 aromatic heterocycles. The maximum Gasteiger partial charge on any atom is 0.306 e. The van der Waals surface area contributed by atoms with E-state index in [1.165, 1.54) is 135 Å². The van der Waals surface area contributed by atoms with Crippen molar-refractivity contribution in [3.05, 3.63) is 24.3 Å². The van der Waals surface area contributed by atoms with Gasteiger partial charge in [-0.1, -0.05) is 186 Å². The summed E-state index contributed by atoms with van der Waals surface area (Å²) in [7, 11) is 0. The fourth-order valence-corrected chi connectivity index (χ4v) is 5.87. The first-order chi connectivity index (χ1) is 23.1. The quantitative estimate of drug-likeness (QED) is 0.0407. The molecule has 0 amide bonds. The molecule has 0 bridgehead atoms. The number of aliphatic hydroxyl groups is 1. The van der Waals surface area contributed by atoms with E-state index in [0.717, 1.165) is 51.4 Å². The van der Waals surface area contributed by atoms with Crippen molar-refractivity contribution in [1.29, 1.82) is 0 Å². The Morgan fingerprint density at radius 2 is 0.872 bits per heavy atom. The van der Waals surface area contributed by atoms with Crippen molar-refractivity contribution in [2.45, 2.75) is 219 Å². The standard InChI is InChI=1S/C42H78O5/c1-3-5-7-9-11-13-15-17-19-20-21-22-23-25-26-28-30-32-34-36-41(44)46-39-40(38-43)47-42(45)37-35-33-31-29-27-24-18-16-14-12-10-8-6-4-2/h10,12,16,18,40,43H,3-9,11,13-15,17,19-39H2,1-2H3/b12-10+,18-16+/t40-/m0/s1. The molecule has 0 aromatic rings. The summed E-state index contributed by atoms with van der Waals surface area (Å²) in [6.45, 7) is 4.10. The maximum absolute atomic E-state index is 12.1. The van der Waals surface area contributed by atoms with Crippen molar-refractivity contribution in [3.8, 4) is 0 Å². The Balaban J connectivity index is 3.51. The van der Waals surface area contributed by atoms with Gasteiger partial charge in [-0.2, -0.15) is 0 Å². The van der Waals surface area contributed by atoms with Crippen LogP contribution in [0.1, 0.15) is 213 Å². The average Bonchev–Trinajstić information content (AvgIpc) is 3.07. The minimum Gasteiger partial charge on any atom is -0.462 e. The molecule has 0 rings (SSSR count). The molecule has 0 aromatic carbocycles. The third-order valence-electron chi connectivity index (χ3n) is 9.00. The lowest BCUT2D eigenvalue weighted by molar-refractivity contribution is -0.161. The molecule has 0 radical (unpaired) electrons. The summed E-state index contributed by atoms with van der Waals surface area (Å²) in [6, 6.07) is 0. The van der Waals surface area contributed by atoms with E-state index >= 15 is 0 Å². The lowest BCUT2D eigenvalue weighted by atomic mass is 10.0. The van der Waals surface area contributed by atoms with Crippen LogP contribution < -0.4 is 0 Å². The van der Waals surface area contributed by atoms with Crippen LogP contribution in [0, 0.1) is 0 Å². The fraction of sp³-hybridized carbons (Fsp3) is 0.857. The molecular weight excluding hydrogens is 584 g/mol. The highest BCUT2D eigenvalue weighted by atomic mass is 16.6. The number of carbonyl (C=O) groups excluding carboxylic acids is 2. The van der Waals surface area contributed by atoms with Crippen LogP contribution in [0.2, 0.25) is 0 Å². The number of carbonyl (C=O) groups is 2. The molecule has 0 aliphatic heterocycles. The van der Waals surface area contributed by atoms with E-state index in [0.29, 0.717) is 12.8 Å². The molecule has 0 heterocycles. The first kappa shape index (κ1) is 45.4. The normalized spacial score (nSPS) is 12.3. The van der Waals surface area contributed by atoms with Gasteiger partial charge in [-0.05, 0) is 38.5 Å². The number of unbranched alkanes of at least 4 members (excludes halogenated alkanes) is 25. The number of rotatable bonds is 37. The molecule has 1 N–H and O–H groups in total. The zero-order valence-corrected chi connectivity index (χ0v) is 31.3. The summed E-state index contributed by atoms with van der Waals surface area (Å²) in [5, 5.41) is 9.55. The van der Waals surface area contributed by atoms with Gasteiger partial charge in [0, 0.05) is 12.8 Å². The predicted octanol–water partition coefficient (Wildman–Crippen LogP) is 12.7. The number of hydrogen-bond acceptors (Lipinski definition) is 5. The van der Waals surface area contributed by atoms with Crippen LogP contribution in [0.3, 0.4) is 0 Å². The summed E-state index contributed by atoms with van der Waals surface area (Å²) in [5.41, 5.74) is 0. The Kier molecular flexibility index (Phi) is 37.5. The van der Waals surface area contributed by atoms with Crippen LogP contribution in [0.4, 0.5) is 0 Å². The molecule has 0 unspecified atom stereocenters. The van der Waals surface area contributed by atoms with Crippen LogP contribution in [-0.2, 0) is 19.1 Å². The van der Waals surface area contributed by atoms with Gasteiger partial charge in [-0.15, -0.1) is 0 Å². The Labute approximate surface area is 292 Å². The number of ether oxygens (including phenoxy) is 2. The van der Waals surface area contributed by atoms with Crippen molar-refractivity contribution in [2.24, 2.45) is 0 Å². The van der Waals surface area contributed by atoms with Crippen LogP contribution in [0.15, 0.2) is 24.3 Å². The van der Waals surface area contributed by atoms with Crippen LogP contribution in [0.5, 0.6) is 0 Å². The molecule has 0 fully saturated rings. The van der Waals surface area contributed by atoms with E-state index in [9.17, 15) is 14.7 Å². The van der Waals surface area contributed by atoms with E-state index in [1.807, 2.05) is 0 Å². The number of allylic oxidation sites excluding steroid dienone is 4. The molecule has 276 valence electrons. The molecule has 5 heteroatoms. The molecule has 0 aliphatic rings. The number of esters is 2.